The van der Waals surface area contributed by atoms with Crippen molar-refractivity contribution < 1.29 is 9.59 Å². The average molecular weight is 423 g/mol. The maximum absolute atomic E-state index is 12.6. The van der Waals surface area contributed by atoms with Gasteiger partial charge in [-0.05, 0) is 31.4 Å². The fourth-order valence-corrected chi connectivity index (χ4v) is 4.47. The number of amides is 3. The predicted octanol–water partition coefficient (Wildman–Crippen LogP) is 2.98. The highest BCUT2D eigenvalue weighted by Gasteiger charge is 2.33. The van der Waals surface area contributed by atoms with E-state index in [1.165, 1.54) is 16.2 Å². The van der Waals surface area contributed by atoms with E-state index in [4.69, 9.17) is 5.73 Å². The predicted molar refractivity (Wildman–Crippen MR) is 115 cm³/mol. The van der Waals surface area contributed by atoms with E-state index in [0.29, 0.717) is 24.5 Å². The lowest BCUT2D eigenvalue weighted by Gasteiger charge is -2.21. The van der Waals surface area contributed by atoms with Crippen molar-refractivity contribution in [2.45, 2.75) is 32.2 Å². The van der Waals surface area contributed by atoms with Crippen LogP contribution in [0.15, 0.2) is 42.6 Å². The summed E-state index contributed by atoms with van der Waals surface area (Å²) in [6.45, 7) is 2.38. The first kappa shape index (κ1) is 20.0. The molecule has 8 nitrogen and oxygen atoms in total. The quantitative estimate of drug-likeness (QED) is 0.656. The highest BCUT2D eigenvalue weighted by Crippen LogP contribution is 2.32. The lowest BCUT2D eigenvalue weighted by Crippen LogP contribution is -2.45. The molecule has 1 aromatic carbocycles. The van der Waals surface area contributed by atoms with Crippen molar-refractivity contribution in [3.63, 3.8) is 0 Å². The number of carbonyl (C=O) groups is 2. The van der Waals surface area contributed by atoms with Crippen molar-refractivity contribution in [2.24, 2.45) is 5.73 Å². The molecular formula is C21H22N6O2S. The monoisotopic (exact) mass is 422 g/mol. The van der Waals surface area contributed by atoms with E-state index in [-0.39, 0.29) is 6.03 Å². The van der Waals surface area contributed by atoms with Crippen LogP contribution in [-0.4, -0.2) is 44.4 Å². The molecule has 3 amide bonds. The zero-order valence-electron chi connectivity index (χ0n) is 16.5. The molecular weight excluding hydrogens is 400 g/mol. The summed E-state index contributed by atoms with van der Waals surface area (Å²) in [5.74, 6) is 0.240. The van der Waals surface area contributed by atoms with Gasteiger partial charge in [-0.25, -0.2) is 19.7 Å². The number of thiazole rings is 1. The Balaban J connectivity index is 1.51. The third-order valence-electron chi connectivity index (χ3n) is 5.00. The Morgan fingerprint density at radius 2 is 2.03 bits per heavy atom. The van der Waals surface area contributed by atoms with Gasteiger partial charge in [0, 0.05) is 19.2 Å². The third kappa shape index (κ3) is 4.30. The first-order chi connectivity index (χ1) is 14.5. The van der Waals surface area contributed by atoms with Crippen molar-refractivity contribution in [1.29, 1.82) is 0 Å². The molecule has 30 heavy (non-hydrogen) atoms. The van der Waals surface area contributed by atoms with Gasteiger partial charge in [0.2, 0.25) is 5.91 Å². The smallest absolute Gasteiger partial charge is 0.324 e. The standard InChI is InChI=1S/C21H22N6O2S/c1-13-18(15-9-10-23-17(25-15)12-14-6-3-2-4-7-14)30-20(24-13)26-21(29)27-11-5-8-16(27)19(22)28/h2-4,6-7,9-10,16H,5,8,11-12H2,1H3,(H2,22,28)(H,24,26,29)/t16-/m0/s1. The molecule has 154 valence electrons. The minimum absolute atomic E-state index is 0.357. The Labute approximate surface area is 178 Å². The summed E-state index contributed by atoms with van der Waals surface area (Å²) >= 11 is 1.35. The number of nitrogens with two attached hydrogens (primary N) is 1. The Morgan fingerprint density at radius 1 is 1.23 bits per heavy atom. The average Bonchev–Trinajstić information content (AvgIpc) is 3.36. The summed E-state index contributed by atoms with van der Waals surface area (Å²) in [5.41, 5.74) is 8.08. The van der Waals surface area contributed by atoms with Crippen LogP contribution in [-0.2, 0) is 11.2 Å². The first-order valence-corrected chi connectivity index (χ1v) is 10.5. The van der Waals surface area contributed by atoms with Crippen LogP contribution in [0, 0.1) is 6.92 Å². The van der Waals surface area contributed by atoms with Crippen LogP contribution in [0.5, 0.6) is 0 Å². The number of aryl methyl sites for hydroxylation is 1. The Morgan fingerprint density at radius 3 is 2.80 bits per heavy atom. The number of benzene rings is 1. The lowest BCUT2D eigenvalue weighted by atomic mass is 10.1. The zero-order chi connectivity index (χ0) is 21.1. The van der Waals surface area contributed by atoms with E-state index < -0.39 is 11.9 Å². The van der Waals surface area contributed by atoms with E-state index in [1.807, 2.05) is 43.3 Å². The molecule has 0 unspecified atom stereocenters. The van der Waals surface area contributed by atoms with Crippen LogP contribution in [0.25, 0.3) is 10.6 Å². The number of carbonyl (C=O) groups excluding carboxylic acids is 2. The highest BCUT2D eigenvalue weighted by atomic mass is 32.1. The second kappa shape index (κ2) is 8.58. The summed E-state index contributed by atoms with van der Waals surface area (Å²) in [5, 5.41) is 3.26. The third-order valence-corrected chi connectivity index (χ3v) is 6.09. The second-order valence-electron chi connectivity index (χ2n) is 7.14. The highest BCUT2D eigenvalue weighted by molar-refractivity contribution is 7.19. The molecule has 0 radical (unpaired) electrons. The summed E-state index contributed by atoms with van der Waals surface area (Å²) in [4.78, 5) is 40.0. The maximum Gasteiger partial charge on any atom is 0.324 e. The SMILES string of the molecule is Cc1nc(NC(=O)N2CCC[C@H]2C(N)=O)sc1-c1ccnc(Cc2ccccc2)n1. The molecule has 0 bridgehead atoms. The van der Waals surface area contributed by atoms with Gasteiger partial charge in [-0.1, -0.05) is 41.7 Å². The molecule has 1 saturated heterocycles. The molecule has 3 heterocycles. The molecule has 2 aromatic heterocycles. The number of urea groups is 1. The van der Waals surface area contributed by atoms with Crippen LogP contribution in [0.4, 0.5) is 9.93 Å². The van der Waals surface area contributed by atoms with Gasteiger partial charge in [0.15, 0.2) is 5.13 Å². The number of anilines is 1. The van der Waals surface area contributed by atoms with Crippen LogP contribution in [0.1, 0.15) is 29.9 Å². The van der Waals surface area contributed by atoms with Gasteiger partial charge in [-0.2, -0.15) is 0 Å². The van der Waals surface area contributed by atoms with Gasteiger partial charge in [-0.15, -0.1) is 0 Å². The summed E-state index contributed by atoms with van der Waals surface area (Å²) < 4.78 is 0. The fourth-order valence-electron chi connectivity index (χ4n) is 3.55. The fraction of sp³-hybridized carbons (Fsp3) is 0.286. The number of likely N-dealkylation sites (tertiary alicyclic amines) is 1. The minimum atomic E-state index is -0.562. The summed E-state index contributed by atoms with van der Waals surface area (Å²) in [6.07, 6.45) is 3.73. The molecule has 1 fully saturated rings. The van der Waals surface area contributed by atoms with Crippen LogP contribution in [0.3, 0.4) is 0 Å². The maximum atomic E-state index is 12.6. The molecule has 1 aliphatic heterocycles. The molecule has 0 aliphatic carbocycles. The van der Waals surface area contributed by atoms with Crippen molar-refractivity contribution in [2.75, 3.05) is 11.9 Å². The minimum Gasteiger partial charge on any atom is -0.368 e. The van der Waals surface area contributed by atoms with Crippen molar-refractivity contribution in [1.82, 2.24) is 19.9 Å². The van der Waals surface area contributed by atoms with E-state index >= 15 is 0 Å². The zero-order valence-corrected chi connectivity index (χ0v) is 17.4. The van der Waals surface area contributed by atoms with Crippen LogP contribution < -0.4 is 11.1 Å². The molecule has 4 rings (SSSR count). The van der Waals surface area contributed by atoms with Crippen LogP contribution >= 0.6 is 11.3 Å². The lowest BCUT2D eigenvalue weighted by molar-refractivity contribution is -0.121. The Hall–Kier alpha value is -3.33. The van der Waals surface area contributed by atoms with Crippen molar-refractivity contribution in [3.05, 3.63) is 59.7 Å². The second-order valence-corrected chi connectivity index (χ2v) is 8.14. The molecule has 0 spiro atoms. The van der Waals surface area contributed by atoms with Gasteiger partial charge in [0.25, 0.3) is 0 Å². The Bertz CT molecular complexity index is 1070. The van der Waals surface area contributed by atoms with E-state index in [0.717, 1.165) is 34.1 Å². The molecule has 9 heteroatoms. The molecule has 3 aromatic rings. The van der Waals surface area contributed by atoms with Gasteiger partial charge in [-0.3, -0.25) is 10.1 Å². The normalized spacial score (nSPS) is 15.9. The van der Waals surface area contributed by atoms with Gasteiger partial charge in [0.05, 0.1) is 16.3 Å². The number of rotatable bonds is 5. The van der Waals surface area contributed by atoms with Crippen LogP contribution in [0.2, 0.25) is 0 Å². The number of primary amides is 1. The molecule has 3 N–H and O–H groups in total. The van der Waals surface area contributed by atoms with E-state index in [2.05, 4.69) is 20.3 Å². The molecule has 1 aliphatic rings. The molecule has 1 atom stereocenters. The number of nitrogens with zero attached hydrogens (tertiary/aromatic N) is 4. The van der Waals surface area contributed by atoms with Crippen molar-refractivity contribution in [3.8, 4) is 10.6 Å². The van der Waals surface area contributed by atoms with Gasteiger partial charge in [0.1, 0.15) is 11.9 Å². The van der Waals surface area contributed by atoms with Gasteiger partial charge >= 0.3 is 6.03 Å². The van der Waals surface area contributed by atoms with Crippen molar-refractivity contribution >= 4 is 28.4 Å². The summed E-state index contributed by atoms with van der Waals surface area (Å²) in [7, 11) is 0. The number of hydrogen-bond acceptors (Lipinski definition) is 6. The number of nitrogens with one attached hydrogen (secondary N) is 1. The number of hydrogen-bond donors (Lipinski definition) is 2. The van der Waals surface area contributed by atoms with E-state index in [9.17, 15) is 9.59 Å². The Kier molecular flexibility index (Phi) is 5.71. The van der Waals surface area contributed by atoms with Gasteiger partial charge < -0.3 is 10.6 Å². The first-order valence-electron chi connectivity index (χ1n) is 9.72. The topological polar surface area (TPSA) is 114 Å². The molecule has 0 saturated carbocycles. The number of aromatic nitrogens is 3. The van der Waals surface area contributed by atoms with E-state index in [1.54, 1.807) is 6.20 Å². The largest absolute Gasteiger partial charge is 0.368 e. The summed E-state index contributed by atoms with van der Waals surface area (Å²) in [6, 6.07) is 11.0.